The summed E-state index contributed by atoms with van der Waals surface area (Å²) in [6, 6.07) is -0.0419. The van der Waals surface area contributed by atoms with Gasteiger partial charge < -0.3 is 16.3 Å². The largest absolute Gasteiger partial charge is 0.409 e. The van der Waals surface area contributed by atoms with Crippen LogP contribution in [0.4, 0.5) is 0 Å². The molecule has 0 saturated heterocycles. The Labute approximate surface area is 96.1 Å². The van der Waals surface area contributed by atoms with Gasteiger partial charge in [-0.1, -0.05) is 25.9 Å². The molecule has 16 heavy (non-hydrogen) atoms. The minimum absolute atomic E-state index is 0.0419. The number of carbonyl (C=O) groups is 1. The molecule has 0 bridgehead atoms. The number of amides is 1. The molecule has 1 saturated carbocycles. The van der Waals surface area contributed by atoms with Gasteiger partial charge in [-0.2, -0.15) is 0 Å². The normalized spacial score (nSPS) is 24.9. The summed E-state index contributed by atoms with van der Waals surface area (Å²) < 4.78 is 0. The van der Waals surface area contributed by atoms with E-state index >= 15 is 0 Å². The van der Waals surface area contributed by atoms with Crippen LogP contribution < -0.4 is 11.1 Å². The van der Waals surface area contributed by atoms with E-state index in [-0.39, 0.29) is 29.1 Å². The Morgan fingerprint density at radius 3 is 2.62 bits per heavy atom. The van der Waals surface area contributed by atoms with Gasteiger partial charge in [0, 0.05) is 18.4 Å². The second-order valence-electron chi connectivity index (χ2n) is 5.15. The van der Waals surface area contributed by atoms with Crippen molar-refractivity contribution in [3.8, 4) is 0 Å². The summed E-state index contributed by atoms with van der Waals surface area (Å²) in [4.78, 5) is 11.8. The quantitative estimate of drug-likeness (QED) is 0.284. The fraction of sp³-hybridized carbons (Fsp3) is 0.818. The standard InChI is InChI=1S/C11H21N3O2/c1-4-7(5-9(12)14-16)13-10(15)8-6-11(8,2)3/h7-8,16H,4-6H2,1-3H3,(H2,12,14)(H,13,15). The Kier molecular flexibility index (Phi) is 3.78. The summed E-state index contributed by atoms with van der Waals surface area (Å²) >= 11 is 0. The van der Waals surface area contributed by atoms with Crippen LogP contribution in [0.5, 0.6) is 0 Å². The molecular formula is C11H21N3O2. The molecule has 1 amide bonds. The molecule has 0 aromatic carbocycles. The molecule has 0 radical (unpaired) electrons. The molecule has 2 atom stereocenters. The lowest BCUT2D eigenvalue weighted by atomic mass is 10.1. The van der Waals surface area contributed by atoms with Crippen molar-refractivity contribution < 1.29 is 10.0 Å². The third-order valence-electron chi connectivity index (χ3n) is 3.25. The zero-order valence-corrected chi connectivity index (χ0v) is 10.2. The smallest absolute Gasteiger partial charge is 0.223 e. The minimum Gasteiger partial charge on any atom is -0.409 e. The topological polar surface area (TPSA) is 87.7 Å². The number of rotatable bonds is 5. The highest BCUT2D eigenvalue weighted by Crippen LogP contribution is 2.51. The number of nitrogens with one attached hydrogen (secondary N) is 1. The zero-order chi connectivity index (χ0) is 12.3. The van der Waals surface area contributed by atoms with Gasteiger partial charge in [0.25, 0.3) is 0 Å². The van der Waals surface area contributed by atoms with Crippen LogP contribution >= 0.6 is 0 Å². The SMILES string of the molecule is CCC(CC(N)=NO)NC(=O)C1CC1(C)C. The van der Waals surface area contributed by atoms with Gasteiger partial charge in [0.05, 0.1) is 0 Å². The molecule has 1 fully saturated rings. The van der Waals surface area contributed by atoms with Gasteiger partial charge in [-0.25, -0.2) is 0 Å². The Bertz CT molecular complexity index is 300. The molecule has 5 nitrogen and oxygen atoms in total. The van der Waals surface area contributed by atoms with Crippen molar-refractivity contribution >= 4 is 11.7 Å². The fourth-order valence-corrected chi connectivity index (χ4v) is 1.81. The monoisotopic (exact) mass is 227 g/mol. The maximum absolute atomic E-state index is 11.8. The summed E-state index contributed by atoms with van der Waals surface area (Å²) in [7, 11) is 0. The van der Waals surface area contributed by atoms with Gasteiger partial charge in [-0.3, -0.25) is 4.79 Å². The molecule has 0 aromatic rings. The van der Waals surface area contributed by atoms with E-state index in [1.165, 1.54) is 0 Å². The predicted octanol–water partition coefficient (Wildman–Crippen LogP) is 1.06. The van der Waals surface area contributed by atoms with Crippen LogP contribution in [-0.4, -0.2) is 23.0 Å². The van der Waals surface area contributed by atoms with Crippen LogP contribution in [0.15, 0.2) is 5.16 Å². The Balaban J connectivity index is 2.42. The van der Waals surface area contributed by atoms with E-state index in [0.717, 1.165) is 12.8 Å². The number of amidine groups is 1. The molecule has 0 spiro atoms. The molecule has 2 unspecified atom stereocenters. The van der Waals surface area contributed by atoms with Gasteiger partial charge in [0.2, 0.25) is 5.91 Å². The first-order chi connectivity index (χ1) is 7.40. The Hall–Kier alpha value is -1.26. The summed E-state index contributed by atoms with van der Waals surface area (Å²) in [6.45, 7) is 6.14. The third-order valence-corrected chi connectivity index (χ3v) is 3.25. The van der Waals surface area contributed by atoms with Crippen molar-refractivity contribution in [1.29, 1.82) is 0 Å². The highest BCUT2D eigenvalue weighted by molar-refractivity contribution is 5.84. The van der Waals surface area contributed by atoms with Crippen molar-refractivity contribution in [3.05, 3.63) is 0 Å². The van der Waals surface area contributed by atoms with Crippen LogP contribution in [0, 0.1) is 11.3 Å². The van der Waals surface area contributed by atoms with Crippen LogP contribution in [-0.2, 0) is 4.79 Å². The predicted molar refractivity (Wildman–Crippen MR) is 62.1 cm³/mol. The van der Waals surface area contributed by atoms with Crippen molar-refractivity contribution in [3.63, 3.8) is 0 Å². The number of nitrogens with two attached hydrogens (primary N) is 1. The highest BCUT2D eigenvalue weighted by Gasteiger charge is 2.50. The van der Waals surface area contributed by atoms with Gasteiger partial charge in [0.1, 0.15) is 5.84 Å². The van der Waals surface area contributed by atoms with E-state index in [2.05, 4.69) is 24.3 Å². The summed E-state index contributed by atoms with van der Waals surface area (Å²) in [5.41, 5.74) is 5.56. The highest BCUT2D eigenvalue weighted by atomic mass is 16.4. The molecule has 1 aliphatic carbocycles. The number of hydrogen-bond acceptors (Lipinski definition) is 3. The van der Waals surface area contributed by atoms with Crippen LogP contribution in [0.1, 0.15) is 40.0 Å². The van der Waals surface area contributed by atoms with Crippen molar-refractivity contribution in [2.24, 2.45) is 22.2 Å². The maximum atomic E-state index is 11.8. The van der Waals surface area contributed by atoms with Gasteiger partial charge >= 0.3 is 0 Å². The van der Waals surface area contributed by atoms with Crippen molar-refractivity contribution in [2.45, 2.75) is 46.1 Å². The maximum Gasteiger partial charge on any atom is 0.223 e. The van der Waals surface area contributed by atoms with E-state index in [4.69, 9.17) is 10.9 Å². The third kappa shape index (κ3) is 3.12. The van der Waals surface area contributed by atoms with E-state index in [1.54, 1.807) is 0 Å². The van der Waals surface area contributed by atoms with E-state index in [0.29, 0.717) is 6.42 Å². The lowest BCUT2D eigenvalue weighted by Gasteiger charge is -2.16. The molecule has 0 heterocycles. The first-order valence-corrected chi connectivity index (χ1v) is 5.67. The van der Waals surface area contributed by atoms with E-state index < -0.39 is 0 Å². The zero-order valence-electron chi connectivity index (χ0n) is 10.2. The Morgan fingerprint density at radius 2 is 2.25 bits per heavy atom. The van der Waals surface area contributed by atoms with E-state index in [1.807, 2.05) is 6.92 Å². The molecule has 0 aliphatic heterocycles. The average molecular weight is 227 g/mol. The second kappa shape index (κ2) is 4.72. The van der Waals surface area contributed by atoms with Crippen LogP contribution in [0.2, 0.25) is 0 Å². The number of hydrogen-bond donors (Lipinski definition) is 3. The van der Waals surface area contributed by atoms with E-state index in [9.17, 15) is 4.79 Å². The van der Waals surface area contributed by atoms with Gasteiger partial charge in [-0.15, -0.1) is 0 Å². The molecule has 92 valence electrons. The lowest BCUT2D eigenvalue weighted by Crippen LogP contribution is -2.39. The molecule has 5 heteroatoms. The first kappa shape index (κ1) is 12.8. The average Bonchev–Trinajstić information content (AvgIpc) is 2.86. The molecule has 1 rings (SSSR count). The molecule has 0 aromatic heterocycles. The molecular weight excluding hydrogens is 206 g/mol. The summed E-state index contributed by atoms with van der Waals surface area (Å²) in [5.74, 6) is 0.360. The fourth-order valence-electron chi connectivity index (χ4n) is 1.81. The number of oxime groups is 1. The first-order valence-electron chi connectivity index (χ1n) is 5.67. The van der Waals surface area contributed by atoms with Gasteiger partial charge in [-0.05, 0) is 18.3 Å². The Morgan fingerprint density at radius 1 is 1.69 bits per heavy atom. The summed E-state index contributed by atoms with van der Waals surface area (Å²) in [5, 5.41) is 14.3. The minimum atomic E-state index is -0.0419. The van der Waals surface area contributed by atoms with Gasteiger partial charge in [0.15, 0.2) is 0 Å². The van der Waals surface area contributed by atoms with Crippen molar-refractivity contribution in [2.75, 3.05) is 0 Å². The molecule has 1 aliphatic rings. The van der Waals surface area contributed by atoms with Crippen molar-refractivity contribution in [1.82, 2.24) is 5.32 Å². The van der Waals surface area contributed by atoms with Crippen LogP contribution in [0.25, 0.3) is 0 Å². The number of nitrogens with zero attached hydrogens (tertiary/aromatic N) is 1. The lowest BCUT2D eigenvalue weighted by molar-refractivity contribution is -0.123. The number of carbonyl (C=O) groups excluding carboxylic acids is 1. The summed E-state index contributed by atoms with van der Waals surface area (Å²) in [6.07, 6.45) is 2.11. The molecule has 4 N–H and O–H groups in total. The second-order valence-corrected chi connectivity index (χ2v) is 5.15. The van der Waals surface area contributed by atoms with Crippen LogP contribution in [0.3, 0.4) is 0 Å².